The third-order valence-electron chi connectivity index (χ3n) is 3.73. The van der Waals surface area contributed by atoms with E-state index in [1.807, 2.05) is 56.3 Å². The minimum atomic E-state index is -0.345. The van der Waals surface area contributed by atoms with Gasteiger partial charge in [-0.25, -0.2) is 4.79 Å². The Morgan fingerprint density at radius 3 is 2.52 bits per heavy atom. The molecule has 2 aromatic carbocycles. The Kier molecular flexibility index (Phi) is 3.35. The molecule has 0 bridgehead atoms. The van der Waals surface area contributed by atoms with Crippen molar-refractivity contribution in [2.75, 3.05) is 0 Å². The minimum Gasteiger partial charge on any atom is -0.423 e. The fourth-order valence-electron chi connectivity index (χ4n) is 2.56. The van der Waals surface area contributed by atoms with Crippen LogP contribution in [-0.2, 0) is 0 Å². The lowest BCUT2D eigenvalue weighted by atomic mass is 9.96. The van der Waals surface area contributed by atoms with Crippen LogP contribution in [0.5, 0.6) is 0 Å². The highest BCUT2D eigenvalue weighted by Crippen LogP contribution is 2.30. The van der Waals surface area contributed by atoms with Crippen molar-refractivity contribution in [1.82, 2.24) is 0 Å². The lowest BCUT2D eigenvalue weighted by molar-refractivity contribution is 0.560. The van der Waals surface area contributed by atoms with Gasteiger partial charge in [-0.2, -0.15) is 0 Å². The Morgan fingerprint density at radius 2 is 1.81 bits per heavy atom. The van der Waals surface area contributed by atoms with Crippen LogP contribution in [0.3, 0.4) is 0 Å². The van der Waals surface area contributed by atoms with Crippen LogP contribution >= 0.6 is 0 Å². The van der Waals surface area contributed by atoms with E-state index in [0.717, 1.165) is 27.6 Å². The number of aryl methyl sites for hydroxylation is 1. The Balaban J connectivity index is 2.33. The molecule has 106 valence electrons. The second kappa shape index (κ2) is 5.19. The lowest BCUT2D eigenvalue weighted by Gasteiger charge is -2.11. The highest BCUT2D eigenvalue weighted by atomic mass is 16.4. The first-order valence-corrected chi connectivity index (χ1v) is 6.95. The first-order valence-electron chi connectivity index (χ1n) is 6.95. The van der Waals surface area contributed by atoms with Gasteiger partial charge in [0.15, 0.2) is 0 Å². The van der Waals surface area contributed by atoms with Crippen LogP contribution in [0, 0.1) is 6.92 Å². The number of nitrogens with two attached hydrogens (primary N) is 1. The molecule has 0 aliphatic rings. The van der Waals surface area contributed by atoms with Crippen LogP contribution in [0.1, 0.15) is 24.1 Å². The van der Waals surface area contributed by atoms with E-state index in [9.17, 15) is 4.79 Å². The Labute approximate surface area is 123 Å². The molecule has 0 saturated heterocycles. The van der Waals surface area contributed by atoms with Gasteiger partial charge in [-0.3, -0.25) is 0 Å². The molecule has 3 nitrogen and oxygen atoms in total. The van der Waals surface area contributed by atoms with Gasteiger partial charge in [0.2, 0.25) is 0 Å². The monoisotopic (exact) mass is 279 g/mol. The number of hydrogen-bond donors (Lipinski definition) is 1. The molecule has 0 amide bonds. The molecule has 0 radical (unpaired) electrons. The molecule has 1 aromatic heterocycles. The summed E-state index contributed by atoms with van der Waals surface area (Å²) in [5, 5.41) is 0.924. The largest absolute Gasteiger partial charge is 0.423 e. The highest BCUT2D eigenvalue weighted by molar-refractivity contribution is 5.94. The molecule has 3 heteroatoms. The third kappa shape index (κ3) is 2.48. The van der Waals surface area contributed by atoms with Gasteiger partial charge >= 0.3 is 5.63 Å². The van der Waals surface area contributed by atoms with Gasteiger partial charge in [-0.15, -0.1) is 0 Å². The summed E-state index contributed by atoms with van der Waals surface area (Å²) in [4.78, 5) is 11.9. The molecule has 0 fully saturated rings. The number of fused-ring (bicyclic) bond motifs is 1. The zero-order chi connectivity index (χ0) is 15.0. The molecule has 3 aromatic rings. The first kappa shape index (κ1) is 13.6. The highest BCUT2D eigenvalue weighted by Gasteiger charge is 2.11. The van der Waals surface area contributed by atoms with E-state index in [1.165, 1.54) is 0 Å². The second-order valence-corrected chi connectivity index (χ2v) is 5.34. The Hall–Kier alpha value is -2.39. The van der Waals surface area contributed by atoms with Crippen molar-refractivity contribution in [3.63, 3.8) is 0 Å². The normalized spacial score (nSPS) is 12.5. The quantitative estimate of drug-likeness (QED) is 0.726. The van der Waals surface area contributed by atoms with Gasteiger partial charge in [0.1, 0.15) is 5.58 Å². The molecule has 1 atom stereocenters. The third-order valence-corrected chi connectivity index (χ3v) is 3.73. The average Bonchev–Trinajstić information content (AvgIpc) is 2.46. The van der Waals surface area contributed by atoms with Crippen molar-refractivity contribution < 1.29 is 4.42 Å². The van der Waals surface area contributed by atoms with Crippen molar-refractivity contribution in [3.05, 3.63) is 70.1 Å². The molecule has 2 N–H and O–H groups in total. The summed E-state index contributed by atoms with van der Waals surface area (Å²) >= 11 is 0. The van der Waals surface area contributed by atoms with Crippen LogP contribution in [0.25, 0.3) is 22.1 Å². The van der Waals surface area contributed by atoms with Crippen molar-refractivity contribution >= 4 is 11.0 Å². The maximum atomic E-state index is 11.9. The van der Waals surface area contributed by atoms with Crippen molar-refractivity contribution in [2.45, 2.75) is 19.9 Å². The maximum Gasteiger partial charge on any atom is 0.336 e. The molecule has 1 unspecified atom stereocenters. The van der Waals surface area contributed by atoms with Crippen LogP contribution in [0.4, 0.5) is 0 Å². The summed E-state index contributed by atoms with van der Waals surface area (Å²) in [6, 6.07) is 15.3. The molecule has 0 aliphatic heterocycles. The van der Waals surface area contributed by atoms with Crippen LogP contribution in [0.15, 0.2) is 57.7 Å². The first-order chi connectivity index (χ1) is 10.1. The summed E-state index contributed by atoms with van der Waals surface area (Å²) in [5.74, 6) is 0. The zero-order valence-corrected chi connectivity index (χ0v) is 12.1. The van der Waals surface area contributed by atoms with Crippen LogP contribution in [-0.4, -0.2) is 0 Å². The molecule has 3 rings (SSSR count). The van der Waals surface area contributed by atoms with E-state index in [4.69, 9.17) is 10.2 Å². The molecule has 21 heavy (non-hydrogen) atoms. The molecule has 0 aliphatic carbocycles. The Morgan fingerprint density at radius 1 is 1.05 bits per heavy atom. The van der Waals surface area contributed by atoms with Crippen molar-refractivity contribution in [3.8, 4) is 11.1 Å². The predicted molar refractivity (Wildman–Crippen MR) is 85.3 cm³/mol. The second-order valence-electron chi connectivity index (χ2n) is 5.34. The predicted octanol–water partition coefficient (Wildman–Crippen LogP) is 3.79. The fraction of sp³-hybridized carbons (Fsp3) is 0.167. The van der Waals surface area contributed by atoms with Gasteiger partial charge in [0, 0.05) is 23.1 Å². The van der Waals surface area contributed by atoms with Gasteiger partial charge < -0.3 is 10.2 Å². The van der Waals surface area contributed by atoms with Crippen LogP contribution < -0.4 is 11.4 Å². The number of benzene rings is 2. The number of rotatable bonds is 2. The van der Waals surface area contributed by atoms with Gasteiger partial charge in [-0.1, -0.05) is 36.4 Å². The number of hydrogen-bond acceptors (Lipinski definition) is 3. The standard InChI is InChI=1S/C18H17NO2/c1-11-5-3-4-6-14(11)16-10-18(20)21-17-9-13(12(2)19)7-8-15(16)17/h3-10,12H,19H2,1-2H3. The van der Waals surface area contributed by atoms with E-state index < -0.39 is 0 Å². The summed E-state index contributed by atoms with van der Waals surface area (Å²) in [6.07, 6.45) is 0. The zero-order valence-electron chi connectivity index (χ0n) is 12.1. The van der Waals surface area contributed by atoms with Crippen molar-refractivity contribution in [1.29, 1.82) is 0 Å². The summed E-state index contributed by atoms with van der Waals surface area (Å²) in [7, 11) is 0. The Bertz CT molecular complexity index is 862. The average molecular weight is 279 g/mol. The van der Waals surface area contributed by atoms with Gasteiger partial charge in [0.05, 0.1) is 0 Å². The maximum absolute atomic E-state index is 11.9. The molecular formula is C18H17NO2. The SMILES string of the molecule is Cc1ccccc1-c1cc(=O)oc2cc(C(C)N)ccc12. The molecular weight excluding hydrogens is 262 g/mol. The van der Waals surface area contributed by atoms with E-state index in [0.29, 0.717) is 5.58 Å². The van der Waals surface area contributed by atoms with E-state index in [2.05, 4.69) is 0 Å². The van der Waals surface area contributed by atoms with E-state index in [-0.39, 0.29) is 11.7 Å². The molecule has 0 saturated carbocycles. The lowest BCUT2D eigenvalue weighted by Crippen LogP contribution is -2.05. The van der Waals surface area contributed by atoms with E-state index in [1.54, 1.807) is 6.07 Å². The van der Waals surface area contributed by atoms with Crippen molar-refractivity contribution in [2.24, 2.45) is 5.73 Å². The molecule has 1 heterocycles. The van der Waals surface area contributed by atoms with Gasteiger partial charge in [0.25, 0.3) is 0 Å². The smallest absolute Gasteiger partial charge is 0.336 e. The minimum absolute atomic E-state index is 0.0955. The van der Waals surface area contributed by atoms with E-state index >= 15 is 0 Å². The summed E-state index contributed by atoms with van der Waals surface area (Å²) in [5.41, 5.74) is 10.2. The van der Waals surface area contributed by atoms with Gasteiger partial charge in [-0.05, 0) is 36.6 Å². The molecule has 0 spiro atoms. The van der Waals surface area contributed by atoms with Crippen LogP contribution in [0.2, 0.25) is 0 Å². The fourth-order valence-corrected chi connectivity index (χ4v) is 2.56. The topological polar surface area (TPSA) is 56.2 Å². The summed E-state index contributed by atoms with van der Waals surface area (Å²) < 4.78 is 5.34. The summed E-state index contributed by atoms with van der Waals surface area (Å²) in [6.45, 7) is 3.94.